The first-order chi connectivity index (χ1) is 10.5. The largest absolute Gasteiger partial charge is 0.464 e. The zero-order valence-electron chi connectivity index (χ0n) is 14.0. The fraction of sp³-hybridized carbons (Fsp3) is 0.500. The Bertz CT molecular complexity index is 644. The molecular weight excluding hydrogens is 276 g/mol. The molecule has 0 aliphatic heterocycles. The van der Waals surface area contributed by atoms with Crippen molar-refractivity contribution in [2.75, 3.05) is 20.1 Å². The number of nitrogens with one attached hydrogen (secondary N) is 2. The number of fused-ring (bicyclic) bond motifs is 1. The van der Waals surface area contributed by atoms with Crippen LogP contribution >= 0.6 is 0 Å². The van der Waals surface area contributed by atoms with E-state index in [1.807, 2.05) is 7.05 Å². The average Bonchev–Trinajstić information content (AvgIpc) is 2.84. The molecule has 4 nitrogen and oxygen atoms in total. The molecule has 0 fully saturated rings. The summed E-state index contributed by atoms with van der Waals surface area (Å²) in [4.78, 5) is 12.0. The number of hydrogen-bond acceptors (Lipinski definition) is 3. The number of carbonyl (C=O) groups excluding carboxylic acids is 1. The van der Waals surface area contributed by atoms with Crippen LogP contribution in [0.5, 0.6) is 0 Å². The third-order valence-electron chi connectivity index (χ3n) is 3.94. The van der Waals surface area contributed by atoms with Gasteiger partial charge in [0.15, 0.2) is 0 Å². The molecule has 120 valence electrons. The zero-order valence-corrected chi connectivity index (χ0v) is 14.0. The van der Waals surface area contributed by atoms with Crippen molar-refractivity contribution in [3.8, 4) is 0 Å². The molecular formula is C18H26N2O2. The van der Waals surface area contributed by atoms with Crippen LogP contribution in [-0.4, -0.2) is 26.0 Å². The van der Waals surface area contributed by atoms with E-state index < -0.39 is 0 Å². The Hall–Kier alpha value is -1.81. The quantitative estimate of drug-likeness (QED) is 0.773. The summed E-state index contributed by atoms with van der Waals surface area (Å²) in [6, 6.07) is 4.24. The molecule has 2 N–H and O–H groups in total. The van der Waals surface area contributed by atoms with Gasteiger partial charge in [-0.15, -0.1) is 0 Å². The van der Waals surface area contributed by atoms with E-state index in [0.717, 1.165) is 29.5 Å². The molecule has 1 aromatic carbocycles. The average molecular weight is 302 g/mol. The van der Waals surface area contributed by atoms with Crippen molar-refractivity contribution in [3.05, 3.63) is 35.1 Å². The van der Waals surface area contributed by atoms with Crippen LogP contribution in [-0.2, 0) is 11.2 Å². The molecule has 0 bridgehead atoms. The maximum atomic E-state index is 12.0. The number of benzene rings is 1. The fourth-order valence-corrected chi connectivity index (χ4v) is 2.73. The van der Waals surface area contributed by atoms with Crippen LogP contribution in [0, 0.1) is 6.92 Å². The summed E-state index contributed by atoms with van der Waals surface area (Å²) in [5.74, 6) is 0.507. The molecule has 0 spiro atoms. The summed E-state index contributed by atoms with van der Waals surface area (Å²) in [5, 5.41) is 7.07. The topological polar surface area (TPSA) is 54.3 Å². The van der Waals surface area contributed by atoms with E-state index in [2.05, 4.69) is 43.5 Å². The molecule has 22 heavy (non-hydrogen) atoms. The summed E-state index contributed by atoms with van der Waals surface area (Å²) in [7, 11) is 1.91. The van der Waals surface area contributed by atoms with Crippen LogP contribution in [0.3, 0.4) is 0 Å². The minimum atomic E-state index is 0.0467. The molecule has 1 aromatic heterocycles. The molecule has 0 radical (unpaired) electrons. The van der Waals surface area contributed by atoms with E-state index in [1.54, 1.807) is 6.26 Å². The SMILES string of the molecule is CNCCCNC(=O)Cc1coc2cc(C)c(C(C)C)cc12. The van der Waals surface area contributed by atoms with Gasteiger partial charge in [-0.2, -0.15) is 0 Å². The highest BCUT2D eigenvalue weighted by molar-refractivity contribution is 5.88. The lowest BCUT2D eigenvalue weighted by Gasteiger charge is -2.10. The van der Waals surface area contributed by atoms with E-state index in [0.29, 0.717) is 18.9 Å². The van der Waals surface area contributed by atoms with Gasteiger partial charge in [-0.3, -0.25) is 4.79 Å². The predicted molar refractivity (Wildman–Crippen MR) is 90.3 cm³/mol. The summed E-state index contributed by atoms with van der Waals surface area (Å²) >= 11 is 0. The fourth-order valence-electron chi connectivity index (χ4n) is 2.73. The van der Waals surface area contributed by atoms with Gasteiger partial charge in [-0.05, 0) is 56.1 Å². The number of rotatable bonds is 7. The standard InChI is InChI=1S/C18H26N2O2/c1-12(2)15-10-16-14(11-22-17(16)8-13(15)3)9-18(21)20-7-5-6-19-4/h8,10-12,19H,5-7,9H2,1-4H3,(H,20,21). The number of amides is 1. The summed E-state index contributed by atoms with van der Waals surface area (Å²) in [6.45, 7) is 8.08. The van der Waals surface area contributed by atoms with Crippen LogP contribution in [0.15, 0.2) is 22.8 Å². The van der Waals surface area contributed by atoms with Gasteiger partial charge in [-0.1, -0.05) is 13.8 Å². The molecule has 0 aliphatic rings. The van der Waals surface area contributed by atoms with E-state index in [4.69, 9.17) is 4.42 Å². The van der Waals surface area contributed by atoms with Crippen molar-refractivity contribution in [2.45, 2.75) is 39.5 Å². The van der Waals surface area contributed by atoms with Crippen molar-refractivity contribution in [1.82, 2.24) is 10.6 Å². The molecule has 0 atom stereocenters. The minimum Gasteiger partial charge on any atom is -0.464 e. The van der Waals surface area contributed by atoms with E-state index in [-0.39, 0.29) is 5.91 Å². The van der Waals surface area contributed by atoms with Crippen molar-refractivity contribution in [3.63, 3.8) is 0 Å². The lowest BCUT2D eigenvalue weighted by atomic mass is 9.95. The number of furan rings is 1. The van der Waals surface area contributed by atoms with E-state index >= 15 is 0 Å². The van der Waals surface area contributed by atoms with Gasteiger partial charge in [0, 0.05) is 17.5 Å². The number of hydrogen-bond donors (Lipinski definition) is 2. The highest BCUT2D eigenvalue weighted by atomic mass is 16.3. The van der Waals surface area contributed by atoms with Crippen LogP contribution < -0.4 is 10.6 Å². The van der Waals surface area contributed by atoms with Crippen LogP contribution in [0.25, 0.3) is 11.0 Å². The van der Waals surface area contributed by atoms with Crippen molar-refractivity contribution >= 4 is 16.9 Å². The van der Waals surface area contributed by atoms with E-state index in [1.165, 1.54) is 11.1 Å². The first-order valence-corrected chi connectivity index (χ1v) is 7.94. The summed E-state index contributed by atoms with van der Waals surface area (Å²) < 4.78 is 5.62. The Balaban J connectivity index is 2.11. The number of carbonyl (C=O) groups is 1. The van der Waals surface area contributed by atoms with Gasteiger partial charge in [0.05, 0.1) is 12.7 Å². The van der Waals surface area contributed by atoms with Gasteiger partial charge < -0.3 is 15.1 Å². The molecule has 0 aliphatic carbocycles. The number of aryl methyl sites for hydroxylation is 1. The Morgan fingerprint density at radius 3 is 2.73 bits per heavy atom. The lowest BCUT2D eigenvalue weighted by molar-refractivity contribution is -0.120. The molecule has 0 saturated carbocycles. The van der Waals surface area contributed by atoms with Crippen molar-refractivity contribution in [2.24, 2.45) is 0 Å². The van der Waals surface area contributed by atoms with Gasteiger partial charge in [0.2, 0.25) is 5.91 Å². The Morgan fingerprint density at radius 1 is 1.27 bits per heavy atom. The predicted octanol–water partition coefficient (Wildman–Crippen LogP) is 3.13. The first kappa shape index (κ1) is 16.6. The Labute approximate surface area is 132 Å². The second kappa shape index (κ2) is 7.45. The zero-order chi connectivity index (χ0) is 16.1. The maximum Gasteiger partial charge on any atom is 0.224 e. The maximum absolute atomic E-state index is 12.0. The summed E-state index contributed by atoms with van der Waals surface area (Å²) in [6.07, 6.45) is 3.01. The monoisotopic (exact) mass is 302 g/mol. The minimum absolute atomic E-state index is 0.0467. The molecule has 2 aromatic rings. The first-order valence-electron chi connectivity index (χ1n) is 7.94. The third kappa shape index (κ3) is 3.89. The molecule has 1 heterocycles. The Kier molecular flexibility index (Phi) is 5.61. The lowest BCUT2D eigenvalue weighted by Crippen LogP contribution is -2.27. The van der Waals surface area contributed by atoms with Gasteiger partial charge >= 0.3 is 0 Å². The van der Waals surface area contributed by atoms with E-state index in [9.17, 15) is 4.79 Å². The van der Waals surface area contributed by atoms with Crippen LogP contribution in [0.2, 0.25) is 0 Å². The molecule has 1 amide bonds. The van der Waals surface area contributed by atoms with Gasteiger partial charge in [0.25, 0.3) is 0 Å². The van der Waals surface area contributed by atoms with Crippen molar-refractivity contribution < 1.29 is 9.21 Å². The van der Waals surface area contributed by atoms with Crippen LogP contribution in [0.1, 0.15) is 42.9 Å². The molecule has 0 unspecified atom stereocenters. The van der Waals surface area contributed by atoms with Crippen LogP contribution in [0.4, 0.5) is 0 Å². The van der Waals surface area contributed by atoms with Crippen molar-refractivity contribution in [1.29, 1.82) is 0 Å². The second-order valence-electron chi connectivity index (χ2n) is 6.10. The normalized spacial score (nSPS) is 11.3. The Morgan fingerprint density at radius 2 is 2.05 bits per heavy atom. The highest BCUT2D eigenvalue weighted by Gasteiger charge is 2.13. The summed E-state index contributed by atoms with van der Waals surface area (Å²) in [5.41, 5.74) is 4.37. The second-order valence-corrected chi connectivity index (χ2v) is 6.10. The molecule has 0 saturated heterocycles. The third-order valence-corrected chi connectivity index (χ3v) is 3.94. The van der Waals surface area contributed by atoms with Gasteiger partial charge in [0.1, 0.15) is 5.58 Å². The molecule has 2 rings (SSSR count). The van der Waals surface area contributed by atoms with Gasteiger partial charge in [-0.25, -0.2) is 0 Å². The smallest absolute Gasteiger partial charge is 0.224 e. The molecule has 4 heteroatoms. The highest BCUT2D eigenvalue weighted by Crippen LogP contribution is 2.29.